The van der Waals surface area contributed by atoms with Crippen molar-refractivity contribution in [3.63, 3.8) is 0 Å². The lowest BCUT2D eigenvalue weighted by molar-refractivity contribution is -0.161. The molecule has 0 rings (SSSR count). The summed E-state index contributed by atoms with van der Waals surface area (Å²) < 4.78 is 32.9. The molecule has 0 fully saturated rings. The Kier molecular flexibility index (Phi) is 53.3. The van der Waals surface area contributed by atoms with E-state index in [9.17, 15) is 19.0 Å². The van der Waals surface area contributed by atoms with Gasteiger partial charge in [0.1, 0.15) is 6.61 Å². The number of hydrogen-bond donors (Lipinski definition) is 2. The van der Waals surface area contributed by atoms with Gasteiger partial charge in [0.15, 0.2) is 6.10 Å². The fraction of sp³-hybridized carbons (Fsp3) is 0.672. The molecule has 71 heavy (non-hydrogen) atoms. The molecule has 0 aliphatic rings. The van der Waals surface area contributed by atoms with E-state index in [1.807, 2.05) is 0 Å². The van der Waals surface area contributed by atoms with Gasteiger partial charge in [-0.25, -0.2) is 4.57 Å². The number of esters is 2. The zero-order valence-electron chi connectivity index (χ0n) is 45.2. The molecule has 0 aromatic heterocycles. The third-order valence-corrected chi connectivity index (χ3v) is 12.6. The summed E-state index contributed by atoms with van der Waals surface area (Å²) in [6.45, 7) is 3.57. The van der Waals surface area contributed by atoms with Crippen molar-refractivity contribution in [2.45, 2.75) is 238 Å². The Morgan fingerprint density at radius 2 is 0.775 bits per heavy atom. The maximum Gasteiger partial charge on any atom is 0.472 e. The molecule has 10 heteroatoms. The molecule has 406 valence electrons. The van der Waals surface area contributed by atoms with Crippen molar-refractivity contribution < 1.29 is 37.6 Å². The van der Waals surface area contributed by atoms with Crippen molar-refractivity contribution >= 4 is 19.8 Å². The van der Waals surface area contributed by atoms with E-state index >= 15 is 0 Å². The van der Waals surface area contributed by atoms with Crippen molar-refractivity contribution in [3.8, 4) is 0 Å². The van der Waals surface area contributed by atoms with Crippen LogP contribution in [0.1, 0.15) is 232 Å². The SMILES string of the molecule is CC/C=C\C/C=C\C/C=C\C/C=C\C/C=C\C/C=C\C/C=C\C/C=C\CCCCCCCCCCCCCCCCC(=O)OC(COC(=O)CCCCCCC/C=C\CCCC)COP(=O)(O)OCCN. The number of rotatable bonds is 52. The number of phosphoric acid groups is 1. The first-order valence-corrected chi connectivity index (χ1v) is 29.9. The molecule has 0 radical (unpaired) electrons. The van der Waals surface area contributed by atoms with Crippen molar-refractivity contribution in [2.24, 2.45) is 5.73 Å². The molecule has 3 N–H and O–H groups in total. The minimum atomic E-state index is -4.39. The molecule has 2 unspecified atom stereocenters. The number of nitrogens with two attached hydrogens (primary N) is 1. The highest BCUT2D eigenvalue weighted by molar-refractivity contribution is 7.47. The Bertz CT molecular complexity index is 1530. The van der Waals surface area contributed by atoms with E-state index in [2.05, 4.69) is 123 Å². The molecule has 2 atom stereocenters. The highest BCUT2D eigenvalue weighted by Crippen LogP contribution is 2.43. The highest BCUT2D eigenvalue weighted by atomic mass is 31.2. The third-order valence-electron chi connectivity index (χ3n) is 11.6. The monoisotopic (exact) mass is 1010 g/mol. The number of unbranched alkanes of at least 4 members (excludes halogenated alkanes) is 21. The van der Waals surface area contributed by atoms with Crippen LogP contribution in [0, 0.1) is 0 Å². The molecule has 0 aliphatic carbocycles. The zero-order chi connectivity index (χ0) is 51.7. The number of hydrogen-bond acceptors (Lipinski definition) is 8. The summed E-state index contributed by atoms with van der Waals surface area (Å²) in [5.41, 5.74) is 5.36. The van der Waals surface area contributed by atoms with E-state index < -0.39 is 32.5 Å². The standard InChI is InChI=1S/C61H104NO8P/c1-3-5-7-9-11-13-15-16-17-18-19-20-21-22-23-24-25-26-27-28-29-30-31-32-33-34-35-36-37-38-39-40-41-42-44-46-48-50-52-54-61(64)70-59(58-69-71(65,66)68-56-55-62)57-67-60(63)53-51-49-47-45-43-14-12-10-8-6-4-2/h5,7,10-13,16-17,19-20,22-23,25-26,28-29,31-32,59H,3-4,6,8-9,14-15,18,21,24,27,30,33-58,62H2,1-2H3,(H,65,66)/b7-5-,12-10-,13-11-,17-16-,20-19-,23-22-,26-25-,29-28-,32-31-. The van der Waals surface area contributed by atoms with Gasteiger partial charge in [0.05, 0.1) is 13.2 Å². The predicted molar refractivity (Wildman–Crippen MR) is 302 cm³/mol. The number of carbonyl (C=O) groups is 2. The van der Waals surface area contributed by atoms with E-state index in [1.54, 1.807) is 0 Å². The third kappa shape index (κ3) is 55.8. The molecule has 0 aliphatic heterocycles. The van der Waals surface area contributed by atoms with Gasteiger partial charge >= 0.3 is 19.8 Å². The first-order chi connectivity index (χ1) is 34.8. The Hall–Kier alpha value is -3.33. The second-order valence-corrected chi connectivity index (χ2v) is 19.9. The number of phosphoric ester groups is 1. The molecule has 0 heterocycles. The lowest BCUT2D eigenvalue weighted by atomic mass is 10.0. The Morgan fingerprint density at radius 3 is 1.17 bits per heavy atom. The normalized spacial score (nSPS) is 13.9. The van der Waals surface area contributed by atoms with Crippen LogP contribution in [0.2, 0.25) is 0 Å². The summed E-state index contributed by atoms with van der Waals surface area (Å²) in [6.07, 6.45) is 75.9. The summed E-state index contributed by atoms with van der Waals surface area (Å²) in [5, 5.41) is 0. The van der Waals surface area contributed by atoms with E-state index in [0.29, 0.717) is 6.42 Å². The zero-order valence-corrected chi connectivity index (χ0v) is 46.1. The van der Waals surface area contributed by atoms with Crippen molar-refractivity contribution in [2.75, 3.05) is 26.4 Å². The van der Waals surface area contributed by atoms with Crippen molar-refractivity contribution in [1.82, 2.24) is 0 Å². The maximum atomic E-state index is 12.7. The van der Waals surface area contributed by atoms with Gasteiger partial charge in [0, 0.05) is 19.4 Å². The number of ether oxygens (including phenoxy) is 2. The highest BCUT2D eigenvalue weighted by Gasteiger charge is 2.26. The average Bonchev–Trinajstić information content (AvgIpc) is 3.36. The predicted octanol–water partition coefficient (Wildman–Crippen LogP) is 17.8. The van der Waals surface area contributed by atoms with Gasteiger partial charge in [-0.2, -0.15) is 0 Å². The molecule has 0 aromatic carbocycles. The molecule has 0 amide bonds. The Balaban J connectivity index is 3.87. The van der Waals surface area contributed by atoms with Gasteiger partial charge < -0.3 is 20.1 Å². The van der Waals surface area contributed by atoms with Crippen molar-refractivity contribution in [3.05, 3.63) is 109 Å². The summed E-state index contributed by atoms with van der Waals surface area (Å²) in [6, 6.07) is 0. The summed E-state index contributed by atoms with van der Waals surface area (Å²) >= 11 is 0. The summed E-state index contributed by atoms with van der Waals surface area (Å²) in [5.74, 6) is -0.843. The lowest BCUT2D eigenvalue weighted by Gasteiger charge is -2.19. The van der Waals surface area contributed by atoms with Crippen LogP contribution < -0.4 is 5.73 Å². The number of allylic oxidation sites excluding steroid dienone is 18. The van der Waals surface area contributed by atoms with Crippen LogP contribution in [0.3, 0.4) is 0 Å². The topological polar surface area (TPSA) is 134 Å². The van der Waals surface area contributed by atoms with Crippen LogP contribution in [0.15, 0.2) is 109 Å². The van der Waals surface area contributed by atoms with E-state index in [0.717, 1.165) is 116 Å². The molecule has 0 saturated carbocycles. The second kappa shape index (κ2) is 56.0. The Labute approximate surface area is 435 Å². The minimum Gasteiger partial charge on any atom is -0.462 e. The first-order valence-electron chi connectivity index (χ1n) is 28.4. The molecular formula is C61H104NO8P. The number of carbonyl (C=O) groups excluding carboxylic acids is 2. The summed E-state index contributed by atoms with van der Waals surface area (Å²) in [7, 11) is -4.39. The van der Waals surface area contributed by atoms with Gasteiger partial charge in [-0.3, -0.25) is 18.6 Å². The van der Waals surface area contributed by atoms with E-state index in [1.165, 1.54) is 83.5 Å². The van der Waals surface area contributed by atoms with Gasteiger partial charge in [-0.15, -0.1) is 0 Å². The van der Waals surface area contributed by atoms with Crippen LogP contribution in [-0.4, -0.2) is 49.3 Å². The average molecular weight is 1010 g/mol. The quantitative estimate of drug-likeness (QED) is 0.0264. The van der Waals surface area contributed by atoms with Crippen molar-refractivity contribution in [1.29, 1.82) is 0 Å². The smallest absolute Gasteiger partial charge is 0.462 e. The van der Waals surface area contributed by atoms with Gasteiger partial charge in [-0.05, 0) is 96.3 Å². The molecule has 0 bridgehead atoms. The largest absolute Gasteiger partial charge is 0.472 e. The second-order valence-electron chi connectivity index (χ2n) is 18.4. The van der Waals surface area contributed by atoms with Crippen LogP contribution in [0.4, 0.5) is 0 Å². The molecule has 0 spiro atoms. The van der Waals surface area contributed by atoms with E-state index in [-0.39, 0.29) is 32.6 Å². The van der Waals surface area contributed by atoms with Crippen LogP contribution in [-0.2, 0) is 32.7 Å². The lowest BCUT2D eigenvalue weighted by Crippen LogP contribution is -2.29. The maximum absolute atomic E-state index is 12.7. The van der Waals surface area contributed by atoms with Crippen LogP contribution in [0.25, 0.3) is 0 Å². The molecule has 0 aromatic rings. The minimum absolute atomic E-state index is 0.0489. The van der Waals surface area contributed by atoms with Gasteiger partial charge in [-0.1, -0.05) is 232 Å². The molecule has 9 nitrogen and oxygen atoms in total. The summed E-state index contributed by atoms with van der Waals surface area (Å²) in [4.78, 5) is 35.0. The van der Waals surface area contributed by atoms with Crippen LogP contribution in [0.5, 0.6) is 0 Å². The first kappa shape index (κ1) is 67.7. The van der Waals surface area contributed by atoms with Crippen LogP contribution >= 0.6 is 7.82 Å². The molecular weight excluding hydrogens is 906 g/mol. The molecule has 0 saturated heterocycles. The fourth-order valence-corrected chi connectivity index (χ4v) is 8.22. The van der Waals surface area contributed by atoms with Gasteiger partial charge in [0.2, 0.25) is 0 Å². The van der Waals surface area contributed by atoms with E-state index in [4.69, 9.17) is 24.3 Å². The fourth-order valence-electron chi connectivity index (χ4n) is 7.46. The van der Waals surface area contributed by atoms with Gasteiger partial charge in [0.25, 0.3) is 0 Å². The Morgan fingerprint density at radius 1 is 0.437 bits per heavy atom.